The van der Waals surface area contributed by atoms with Gasteiger partial charge in [-0.1, -0.05) is 37.3 Å². The molecule has 19 heavy (non-hydrogen) atoms. The van der Waals surface area contributed by atoms with Gasteiger partial charge in [-0.05, 0) is 38.8 Å². The van der Waals surface area contributed by atoms with Gasteiger partial charge in [0.25, 0.3) is 0 Å². The van der Waals surface area contributed by atoms with Gasteiger partial charge in [0, 0.05) is 18.5 Å². The van der Waals surface area contributed by atoms with Crippen molar-refractivity contribution in [2.45, 2.75) is 46.2 Å². The molecule has 1 atom stereocenters. The van der Waals surface area contributed by atoms with E-state index in [9.17, 15) is 4.79 Å². The summed E-state index contributed by atoms with van der Waals surface area (Å²) in [6, 6.07) is 10.4. The molecule has 0 aliphatic heterocycles. The van der Waals surface area contributed by atoms with Crippen molar-refractivity contribution in [3.63, 3.8) is 0 Å². The van der Waals surface area contributed by atoms with Crippen LogP contribution in [0.25, 0.3) is 0 Å². The molecule has 106 valence electrons. The second kappa shape index (κ2) is 7.95. The van der Waals surface area contributed by atoms with Crippen LogP contribution in [0.4, 0.5) is 0 Å². The summed E-state index contributed by atoms with van der Waals surface area (Å²) in [6.45, 7) is 7.47. The molecule has 1 rings (SSSR count). The van der Waals surface area contributed by atoms with E-state index in [0.717, 1.165) is 12.8 Å². The van der Waals surface area contributed by atoms with E-state index in [2.05, 4.69) is 26.0 Å². The standard InChI is InChI=1S/C16H26N2O/c1-13(2)18(12-15-9-5-4-6-10-15)16(19)14(3)8-7-11-17/h4-6,9-10,13-14H,7-8,11-12,17H2,1-3H3. The van der Waals surface area contributed by atoms with Gasteiger partial charge in [0.15, 0.2) is 0 Å². The number of benzene rings is 1. The van der Waals surface area contributed by atoms with Crippen LogP contribution in [0.5, 0.6) is 0 Å². The topological polar surface area (TPSA) is 46.3 Å². The van der Waals surface area contributed by atoms with Crippen LogP contribution in [0.1, 0.15) is 39.2 Å². The molecule has 0 saturated heterocycles. The summed E-state index contributed by atoms with van der Waals surface area (Å²) < 4.78 is 0. The molecular weight excluding hydrogens is 236 g/mol. The maximum absolute atomic E-state index is 12.5. The molecule has 1 aromatic rings. The zero-order valence-corrected chi connectivity index (χ0v) is 12.3. The average molecular weight is 262 g/mol. The molecule has 0 bridgehead atoms. The highest BCUT2D eigenvalue weighted by atomic mass is 16.2. The van der Waals surface area contributed by atoms with Gasteiger partial charge in [-0.15, -0.1) is 0 Å². The molecule has 0 aliphatic carbocycles. The van der Waals surface area contributed by atoms with Gasteiger partial charge >= 0.3 is 0 Å². The third kappa shape index (κ3) is 5.03. The van der Waals surface area contributed by atoms with Crippen molar-refractivity contribution in [3.8, 4) is 0 Å². The SMILES string of the molecule is CC(CCCN)C(=O)N(Cc1ccccc1)C(C)C. The number of rotatable bonds is 7. The minimum Gasteiger partial charge on any atom is -0.336 e. The van der Waals surface area contributed by atoms with Crippen molar-refractivity contribution in [3.05, 3.63) is 35.9 Å². The third-order valence-corrected chi connectivity index (χ3v) is 3.36. The van der Waals surface area contributed by atoms with Gasteiger partial charge in [-0.3, -0.25) is 4.79 Å². The van der Waals surface area contributed by atoms with E-state index in [4.69, 9.17) is 5.73 Å². The van der Waals surface area contributed by atoms with Gasteiger partial charge in [-0.2, -0.15) is 0 Å². The lowest BCUT2D eigenvalue weighted by Crippen LogP contribution is -2.39. The van der Waals surface area contributed by atoms with Crippen molar-refractivity contribution in [2.75, 3.05) is 6.54 Å². The Balaban J connectivity index is 2.69. The number of nitrogens with zero attached hydrogens (tertiary/aromatic N) is 1. The Morgan fingerprint density at radius 1 is 1.21 bits per heavy atom. The van der Waals surface area contributed by atoms with Crippen LogP contribution >= 0.6 is 0 Å². The number of amides is 1. The maximum Gasteiger partial charge on any atom is 0.225 e. The van der Waals surface area contributed by atoms with Gasteiger partial charge in [0.1, 0.15) is 0 Å². The highest BCUT2D eigenvalue weighted by Crippen LogP contribution is 2.15. The first kappa shape index (κ1) is 15.7. The quantitative estimate of drug-likeness (QED) is 0.821. The largest absolute Gasteiger partial charge is 0.336 e. The van der Waals surface area contributed by atoms with E-state index < -0.39 is 0 Å². The van der Waals surface area contributed by atoms with E-state index >= 15 is 0 Å². The summed E-state index contributed by atoms with van der Waals surface area (Å²) in [7, 11) is 0. The lowest BCUT2D eigenvalue weighted by atomic mass is 10.0. The fourth-order valence-corrected chi connectivity index (χ4v) is 2.13. The van der Waals surface area contributed by atoms with E-state index in [1.807, 2.05) is 30.0 Å². The second-order valence-electron chi connectivity index (χ2n) is 5.38. The monoisotopic (exact) mass is 262 g/mol. The van der Waals surface area contributed by atoms with Crippen LogP contribution in [0.15, 0.2) is 30.3 Å². The lowest BCUT2D eigenvalue weighted by molar-refractivity contribution is -0.137. The molecule has 0 spiro atoms. The molecule has 3 nitrogen and oxygen atoms in total. The van der Waals surface area contributed by atoms with Crippen LogP contribution in [0, 0.1) is 5.92 Å². The van der Waals surface area contributed by atoms with Crippen LogP contribution in [-0.2, 0) is 11.3 Å². The fraction of sp³-hybridized carbons (Fsp3) is 0.562. The minimum absolute atomic E-state index is 0.0506. The Morgan fingerprint density at radius 3 is 2.37 bits per heavy atom. The summed E-state index contributed by atoms with van der Waals surface area (Å²) >= 11 is 0. The van der Waals surface area contributed by atoms with E-state index in [1.54, 1.807) is 0 Å². The first-order chi connectivity index (χ1) is 9.06. The summed E-state index contributed by atoms with van der Waals surface area (Å²) in [6.07, 6.45) is 1.78. The first-order valence-corrected chi connectivity index (χ1v) is 7.10. The molecule has 0 aromatic heterocycles. The molecule has 0 aliphatic rings. The number of hydrogen-bond acceptors (Lipinski definition) is 2. The zero-order valence-electron chi connectivity index (χ0n) is 12.3. The maximum atomic E-state index is 12.5. The van der Waals surface area contributed by atoms with Gasteiger partial charge in [0.2, 0.25) is 5.91 Å². The Labute approximate surface area is 116 Å². The number of carbonyl (C=O) groups excluding carboxylic acids is 1. The van der Waals surface area contributed by atoms with Crippen molar-refractivity contribution >= 4 is 5.91 Å². The average Bonchev–Trinajstić information content (AvgIpc) is 2.42. The molecule has 1 aromatic carbocycles. The smallest absolute Gasteiger partial charge is 0.225 e. The zero-order chi connectivity index (χ0) is 14.3. The summed E-state index contributed by atoms with van der Waals surface area (Å²) in [5.41, 5.74) is 6.69. The summed E-state index contributed by atoms with van der Waals surface area (Å²) in [5.74, 6) is 0.280. The summed E-state index contributed by atoms with van der Waals surface area (Å²) in [4.78, 5) is 14.4. The first-order valence-electron chi connectivity index (χ1n) is 7.10. The Bertz CT molecular complexity index is 376. The van der Waals surface area contributed by atoms with E-state index in [-0.39, 0.29) is 17.9 Å². The second-order valence-corrected chi connectivity index (χ2v) is 5.38. The predicted molar refractivity (Wildman–Crippen MR) is 79.6 cm³/mol. The van der Waals surface area contributed by atoms with Crippen molar-refractivity contribution < 1.29 is 4.79 Å². The van der Waals surface area contributed by atoms with Crippen molar-refractivity contribution in [1.29, 1.82) is 0 Å². The van der Waals surface area contributed by atoms with Crippen LogP contribution < -0.4 is 5.73 Å². The lowest BCUT2D eigenvalue weighted by Gasteiger charge is -2.29. The van der Waals surface area contributed by atoms with Crippen LogP contribution in [0.2, 0.25) is 0 Å². The molecule has 0 fully saturated rings. The Kier molecular flexibility index (Phi) is 6.57. The Hall–Kier alpha value is -1.35. The van der Waals surface area contributed by atoms with Gasteiger partial charge in [0.05, 0.1) is 0 Å². The molecule has 0 saturated carbocycles. The molecule has 1 amide bonds. The van der Waals surface area contributed by atoms with Gasteiger partial charge < -0.3 is 10.6 Å². The van der Waals surface area contributed by atoms with Gasteiger partial charge in [-0.25, -0.2) is 0 Å². The molecule has 2 N–H and O–H groups in total. The van der Waals surface area contributed by atoms with E-state index in [0.29, 0.717) is 13.1 Å². The Morgan fingerprint density at radius 2 is 1.84 bits per heavy atom. The number of hydrogen-bond donors (Lipinski definition) is 1. The van der Waals surface area contributed by atoms with Crippen molar-refractivity contribution in [1.82, 2.24) is 4.90 Å². The van der Waals surface area contributed by atoms with Crippen molar-refractivity contribution in [2.24, 2.45) is 11.7 Å². The number of carbonyl (C=O) groups is 1. The molecule has 0 radical (unpaired) electrons. The molecule has 0 heterocycles. The van der Waals surface area contributed by atoms with Crippen LogP contribution in [-0.4, -0.2) is 23.4 Å². The highest BCUT2D eigenvalue weighted by molar-refractivity contribution is 5.78. The van der Waals surface area contributed by atoms with E-state index in [1.165, 1.54) is 5.56 Å². The number of nitrogens with two attached hydrogens (primary N) is 1. The molecule has 3 heteroatoms. The fourth-order valence-electron chi connectivity index (χ4n) is 2.13. The summed E-state index contributed by atoms with van der Waals surface area (Å²) in [5, 5.41) is 0. The van der Waals surface area contributed by atoms with Crippen LogP contribution in [0.3, 0.4) is 0 Å². The predicted octanol–water partition coefficient (Wildman–Crippen LogP) is 2.80. The molecule has 1 unspecified atom stereocenters. The third-order valence-electron chi connectivity index (χ3n) is 3.36. The highest BCUT2D eigenvalue weighted by Gasteiger charge is 2.22. The molecular formula is C16H26N2O. The normalized spacial score (nSPS) is 12.5. The minimum atomic E-state index is 0.0506.